The van der Waals surface area contributed by atoms with E-state index in [1.807, 2.05) is 116 Å². The lowest BCUT2D eigenvalue weighted by atomic mass is 9.77. The molecule has 2 saturated heterocycles. The fraction of sp³-hybridized carbons (Fsp3) is 0.317. The number of rotatable bonds is 10. The quantitative estimate of drug-likeness (QED) is 0.172. The molecule has 0 saturated carbocycles. The van der Waals surface area contributed by atoms with Gasteiger partial charge in [0, 0.05) is 33.4 Å². The summed E-state index contributed by atoms with van der Waals surface area (Å²) in [5.74, 6) is -0.517. The highest BCUT2D eigenvalue weighted by Gasteiger charge is 2.53. The number of carbonyl (C=O) groups is 2. The van der Waals surface area contributed by atoms with Gasteiger partial charge in [-0.15, -0.1) is 0 Å². The van der Waals surface area contributed by atoms with Crippen LogP contribution in [0.4, 0.5) is 11.4 Å². The van der Waals surface area contributed by atoms with E-state index in [1.54, 1.807) is 36.4 Å². The van der Waals surface area contributed by atoms with Gasteiger partial charge in [-0.25, -0.2) is 0 Å². The minimum Gasteiger partial charge on any atom is -0.489 e. The van der Waals surface area contributed by atoms with Gasteiger partial charge in [-0.1, -0.05) is 73.3 Å². The molecule has 2 aliphatic heterocycles. The monoisotopic (exact) mass is 700 g/mol. The van der Waals surface area contributed by atoms with Gasteiger partial charge in [0.15, 0.2) is 0 Å². The van der Waals surface area contributed by atoms with Crippen molar-refractivity contribution in [3.63, 3.8) is 0 Å². The molecule has 52 heavy (non-hydrogen) atoms. The Hall–Kier alpha value is -4.67. The molecule has 0 unspecified atom stereocenters. The van der Waals surface area contributed by atoms with Gasteiger partial charge >= 0.3 is 14.2 Å². The van der Waals surface area contributed by atoms with Crippen molar-refractivity contribution < 1.29 is 32.9 Å². The van der Waals surface area contributed by atoms with Crippen molar-refractivity contribution in [1.82, 2.24) is 0 Å². The van der Waals surface area contributed by atoms with Gasteiger partial charge in [0.1, 0.15) is 12.4 Å². The van der Waals surface area contributed by atoms with E-state index in [9.17, 15) is 9.59 Å². The van der Waals surface area contributed by atoms with Crippen molar-refractivity contribution in [3.8, 4) is 5.75 Å². The Morgan fingerprint density at radius 3 is 1.44 bits per heavy atom. The van der Waals surface area contributed by atoms with Crippen LogP contribution in [0.15, 0.2) is 97.6 Å². The lowest BCUT2D eigenvalue weighted by molar-refractivity contribution is 0.00578. The van der Waals surface area contributed by atoms with Crippen LogP contribution in [-0.4, -0.2) is 48.5 Å². The van der Waals surface area contributed by atoms with Crippen molar-refractivity contribution in [1.29, 1.82) is 0 Å². The summed E-state index contributed by atoms with van der Waals surface area (Å²) in [6, 6.07) is 27.3. The Bertz CT molecular complexity index is 1850. The first-order valence-electron chi connectivity index (χ1n) is 17.5. The third kappa shape index (κ3) is 7.59. The normalized spacial score (nSPS) is 18.2. The second-order valence-corrected chi connectivity index (χ2v) is 15.2. The molecule has 0 bridgehead atoms. The Morgan fingerprint density at radius 2 is 1.04 bits per heavy atom. The van der Waals surface area contributed by atoms with Gasteiger partial charge in [-0.2, -0.15) is 0 Å². The number of hydrogen-bond donors (Lipinski definition) is 2. The smallest absolute Gasteiger partial charge is 0.489 e. The number of benzene rings is 4. The number of para-hydroxylation sites is 2. The Labute approximate surface area is 307 Å². The van der Waals surface area contributed by atoms with Gasteiger partial charge < -0.3 is 34.0 Å². The van der Waals surface area contributed by atoms with Crippen LogP contribution in [0, 0.1) is 0 Å². The topological polar surface area (TPSA) is 104 Å². The minimum absolute atomic E-state index is 0.221. The second kappa shape index (κ2) is 14.0. The lowest BCUT2D eigenvalue weighted by Crippen LogP contribution is -2.41. The third-order valence-corrected chi connectivity index (χ3v) is 10.5. The van der Waals surface area contributed by atoms with E-state index in [2.05, 4.69) is 17.2 Å². The summed E-state index contributed by atoms with van der Waals surface area (Å²) in [6.07, 6.45) is 1.77. The van der Waals surface area contributed by atoms with Crippen LogP contribution in [0.2, 0.25) is 0 Å². The Kier molecular flexibility index (Phi) is 10.0. The predicted molar refractivity (Wildman–Crippen MR) is 208 cm³/mol. The molecule has 4 aromatic carbocycles. The summed E-state index contributed by atoms with van der Waals surface area (Å²) in [5, 5.41) is 6.04. The van der Waals surface area contributed by atoms with Crippen LogP contribution < -0.4 is 26.3 Å². The fourth-order valence-corrected chi connectivity index (χ4v) is 5.82. The molecule has 4 aromatic rings. The molecule has 0 aliphatic carbocycles. The molecule has 2 heterocycles. The minimum atomic E-state index is -0.686. The zero-order valence-electron chi connectivity index (χ0n) is 31.2. The number of hydrogen-bond acceptors (Lipinski definition) is 7. The maximum Gasteiger partial charge on any atom is 0.496 e. The molecule has 11 heteroatoms. The molecule has 0 atom stereocenters. The van der Waals surface area contributed by atoms with Gasteiger partial charge in [-0.05, 0) is 96.8 Å². The zero-order chi connectivity index (χ0) is 37.5. The summed E-state index contributed by atoms with van der Waals surface area (Å²) >= 11 is 0. The largest absolute Gasteiger partial charge is 0.496 e. The molecule has 9 nitrogen and oxygen atoms in total. The van der Waals surface area contributed by atoms with Gasteiger partial charge in [0.2, 0.25) is 0 Å². The van der Waals surface area contributed by atoms with Gasteiger partial charge in [0.05, 0.1) is 22.4 Å². The summed E-state index contributed by atoms with van der Waals surface area (Å²) in [5.41, 5.74) is 2.55. The highest BCUT2D eigenvalue weighted by molar-refractivity contribution is 6.64. The van der Waals surface area contributed by atoms with E-state index in [-0.39, 0.29) is 17.7 Å². The maximum atomic E-state index is 14.0. The lowest BCUT2D eigenvalue weighted by Gasteiger charge is -2.32. The van der Waals surface area contributed by atoms with E-state index < -0.39 is 48.5 Å². The number of carbonyl (C=O) groups excluding carboxylic acids is 2. The van der Waals surface area contributed by atoms with Crippen molar-refractivity contribution >= 4 is 54.4 Å². The molecule has 2 amide bonds. The van der Waals surface area contributed by atoms with Crippen LogP contribution in [0.25, 0.3) is 6.08 Å². The molecular formula is C41H46B2N2O7. The zero-order valence-corrected chi connectivity index (χ0v) is 31.2. The predicted octanol–water partition coefficient (Wildman–Crippen LogP) is 7.01. The average molecular weight is 700 g/mol. The number of amides is 2. The first-order chi connectivity index (χ1) is 24.5. The summed E-state index contributed by atoms with van der Waals surface area (Å²) in [7, 11) is -1.37. The van der Waals surface area contributed by atoms with E-state index in [1.165, 1.54) is 0 Å². The average Bonchev–Trinajstić information content (AvgIpc) is 3.46. The van der Waals surface area contributed by atoms with E-state index in [0.717, 1.165) is 11.1 Å². The third-order valence-electron chi connectivity index (χ3n) is 10.5. The van der Waals surface area contributed by atoms with Gasteiger partial charge in [0.25, 0.3) is 11.8 Å². The van der Waals surface area contributed by atoms with Crippen molar-refractivity contribution in [2.24, 2.45) is 0 Å². The first kappa shape index (κ1) is 37.1. The standard InChI is InChI=1S/C41H46B2N2O7/c1-10-27-19-21-28(22-20-27)26-48-31-24-29(36(46)44-34-17-13-11-15-32(34)42-49-38(2,3)39(4,5)50-42)23-30(25-31)37(47)45-35-18-14-12-16-33(35)43-51-40(6,7)41(8,9)52-43/h10-25H,1,26H2,2-9H3,(H,44,46)(H,45,47). The van der Waals surface area contributed by atoms with Gasteiger partial charge in [-0.3, -0.25) is 9.59 Å². The van der Waals surface area contributed by atoms with Crippen LogP contribution in [-0.2, 0) is 25.2 Å². The van der Waals surface area contributed by atoms with Crippen LogP contribution in [0.5, 0.6) is 5.75 Å². The van der Waals surface area contributed by atoms with E-state index in [0.29, 0.717) is 28.0 Å². The first-order valence-corrected chi connectivity index (χ1v) is 17.5. The molecule has 0 spiro atoms. The Balaban J connectivity index is 1.29. The number of nitrogens with one attached hydrogen (secondary N) is 2. The highest BCUT2D eigenvalue weighted by atomic mass is 16.7. The van der Waals surface area contributed by atoms with Crippen molar-refractivity contribution in [2.45, 2.75) is 84.4 Å². The van der Waals surface area contributed by atoms with Crippen LogP contribution in [0.3, 0.4) is 0 Å². The van der Waals surface area contributed by atoms with Crippen LogP contribution in [0.1, 0.15) is 87.2 Å². The van der Waals surface area contributed by atoms with E-state index in [4.69, 9.17) is 23.4 Å². The van der Waals surface area contributed by atoms with Crippen molar-refractivity contribution in [3.05, 3.63) is 120 Å². The summed E-state index contributed by atoms with van der Waals surface area (Å²) in [6.45, 7) is 19.9. The molecule has 0 aromatic heterocycles. The molecule has 2 N–H and O–H groups in total. The molecule has 0 radical (unpaired) electrons. The van der Waals surface area contributed by atoms with Crippen LogP contribution >= 0.6 is 0 Å². The number of anilines is 2. The van der Waals surface area contributed by atoms with Crippen molar-refractivity contribution in [2.75, 3.05) is 10.6 Å². The molecular weight excluding hydrogens is 654 g/mol. The highest BCUT2D eigenvalue weighted by Crippen LogP contribution is 2.38. The molecule has 2 fully saturated rings. The summed E-state index contributed by atoms with van der Waals surface area (Å²) < 4.78 is 31.4. The summed E-state index contributed by atoms with van der Waals surface area (Å²) in [4.78, 5) is 28.0. The maximum absolute atomic E-state index is 14.0. The second-order valence-electron chi connectivity index (χ2n) is 15.2. The SMILES string of the molecule is C=Cc1ccc(COc2cc(C(=O)Nc3ccccc3B3OC(C)(C)C(C)(C)O3)cc(C(=O)Nc3ccccc3B3OC(C)(C)C(C)(C)O3)c2)cc1. The number of ether oxygens (including phenoxy) is 1. The molecule has 2 aliphatic rings. The molecule has 6 rings (SSSR count). The molecule has 268 valence electrons. The Morgan fingerprint density at radius 1 is 0.635 bits per heavy atom. The fourth-order valence-electron chi connectivity index (χ4n) is 5.82. The van der Waals surface area contributed by atoms with E-state index >= 15 is 0 Å².